The van der Waals surface area contributed by atoms with Crippen LogP contribution in [0.2, 0.25) is 0 Å². The molecule has 1 aromatic carbocycles. The maximum atomic E-state index is 10.5. The van der Waals surface area contributed by atoms with Gasteiger partial charge in [-0.2, -0.15) is 4.94 Å². The Bertz CT molecular complexity index is 450. The Hall–Kier alpha value is -2.62. The van der Waals surface area contributed by atoms with E-state index in [0.717, 1.165) is 6.07 Å². The average molecular weight is 244 g/mol. The molecule has 0 saturated carbocycles. The molecule has 1 aromatic rings. The minimum Gasteiger partial charge on any atom is -0.494 e. The Kier molecular flexibility index (Phi) is 3.62. The molecule has 0 bridgehead atoms. The normalized spacial score (nSPS) is 9.53. The molecular formula is C7H8N4O6. The van der Waals surface area contributed by atoms with E-state index in [1.807, 2.05) is 0 Å². The molecule has 1 rings (SSSR count). The molecule has 92 valence electrons. The van der Waals surface area contributed by atoms with Crippen LogP contribution in [-0.2, 0) is 4.94 Å². The fourth-order valence-corrected chi connectivity index (χ4v) is 1.08. The molecular weight excluding hydrogens is 236 g/mol. The Morgan fingerprint density at radius 2 is 2.00 bits per heavy atom. The summed E-state index contributed by atoms with van der Waals surface area (Å²) in [5, 5.41) is 19.7. The third-order valence-corrected chi connectivity index (χ3v) is 1.77. The van der Waals surface area contributed by atoms with Gasteiger partial charge in [-0.25, -0.2) is 5.84 Å². The van der Waals surface area contributed by atoms with Gasteiger partial charge in [0.2, 0.25) is 0 Å². The van der Waals surface area contributed by atoms with E-state index in [9.17, 15) is 20.2 Å². The van der Waals surface area contributed by atoms with Crippen molar-refractivity contribution in [1.29, 1.82) is 0 Å². The second kappa shape index (κ2) is 4.94. The van der Waals surface area contributed by atoms with Crippen molar-refractivity contribution in [3.63, 3.8) is 0 Å². The van der Waals surface area contributed by atoms with Gasteiger partial charge in [0.05, 0.1) is 12.0 Å². The van der Waals surface area contributed by atoms with E-state index in [4.69, 9.17) is 10.6 Å². The zero-order valence-corrected chi connectivity index (χ0v) is 8.60. The number of anilines is 1. The van der Waals surface area contributed by atoms with Crippen LogP contribution in [-0.4, -0.2) is 17.1 Å². The van der Waals surface area contributed by atoms with Crippen molar-refractivity contribution in [2.45, 2.75) is 0 Å². The first-order valence-corrected chi connectivity index (χ1v) is 4.15. The zero-order valence-electron chi connectivity index (χ0n) is 8.60. The van der Waals surface area contributed by atoms with Gasteiger partial charge in [-0.05, 0) is 6.07 Å². The van der Waals surface area contributed by atoms with Gasteiger partial charge in [0, 0.05) is 12.1 Å². The third-order valence-electron chi connectivity index (χ3n) is 1.77. The molecule has 0 saturated heterocycles. The van der Waals surface area contributed by atoms with Crippen molar-refractivity contribution < 1.29 is 19.7 Å². The van der Waals surface area contributed by atoms with Crippen LogP contribution in [0.3, 0.4) is 0 Å². The lowest BCUT2D eigenvalue weighted by Crippen LogP contribution is -2.33. The summed E-state index contributed by atoms with van der Waals surface area (Å²) < 4.78 is 4.84. The van der Waals surface area contributed by atoms with Gasteiger partial charge in [0.25, 0.3) is 5.69 Å². The molecule has 0 atom stereocenters. The quantitative estimate of drug-likeness (QED) is 0.447. The van der Waals surface area contributed by atoms with Crippen LogP contribution in [0.1, 0.15) is 0 Å². The van der Waals surface area contributed by atoms with Crippen molar-refractivity contribution in [1.82, 2.24) is 0 Å². The first-order valence-electron chi connectivity index (χ1n) is 4.15. The highest BCUT2D eigenvalue weighted by Crippen LogP contribution is 2.30. The minimum atomic E-state index is -1.15. The lowest BCUT2D eigenvalue weighted by atomic mass is 10.2. The lowest BCUT2D eigenvalue weighted by molar-refractivity contribution is -0.762. The van der Waals surface area contributed by atoms with Gasteiger partial charge in [-0.1, -0.05) is 0 Å². The van der Waals surface area contributed by atoms with Crippen molar-refractivity contribution in [2.24, 2.45) is 5.84 Å². The fourth-order valence-electron chi connectivity index (χ4n) is 1.08. The van der Waals surface area contributed by atoms with Crippen LogP contribution in [0.5, 0.6) is 5.75 Å². The number of hydrazine groups is 1. The highest BCUT2D eigenvalue weighted by molar-refractivity contribution is 5.61. The average Bonchev–Trinajstić information content (AvgIpc) is 2.27. The van der Waals surface area contributed by atoms with Gasteiger partial charge in [-0.3, -0.25) is 10.1 Å². The Morgan fingerprint density at radius 3 is 2.47 bits per heavy atom. The van der Waals surface area contributed by atoms with Crippen LogP contribution < -0.4 is 15.8 Å². The molecule has 0 fully saturated rings. The van der Waals surface area contributed by atoms with E-state index < -0.39 is 10.0 Å². The summed E-state index contributed by atoms with van der Waals surface area (Å²) in [6.45, 7) is 0. The Morgan fingerprint density at radius 1 is 1.35 bits per heavy atom. The van der Waals surface area contributed by atoms with E-state index >= 15 is 0 Å². The van der Waals surface area contributed by atoms with Crippen LogP contribution >= 0.6 is 0 Å². The molecule has 17 heavy (non-hydrogen) atoms. The summed E-state index contributed by atoms with van der Waals surface area (Å²) in [5.74, 6) is 5.31. The number of hydrogen-bond donors (Lipinski definition) is 1. The molecule has 0 radical (unpaired) electrons. The van der Waals surface area contributed by atoms with Crippen molar-refractivity contribution in [2.75, 3.05) is 12.3 Å². The van der Waals surface area contributed by atoms with E-state index in [1.165, 1.54) is 19.2 Å². The topological polar surface area (TPSA) is 134 Å². The van der Waals surface area contributed by atoms with Gasteiger partial charge in [-0.15, -0.1) is 15.3 Å². The Balaban J connectivity index is 3.13. The van der Waals surface area contributed by atoms with Crippen LogP contribution in [0, 0.1) is 20.2 Å². The molecule has 0 unspecified atom stereocenters. The van der Waals surface area contributed by atoms with Crippen molar-refractivity contribution >= 4 is 11.4 Å². The minimum absolute atomic E-state index is 0.0972. The van der Waals surface area contributed by atoms with E-state index in [-0.39, 0.29) is 22.3 Å². The second-order valence-electron chi connectivity index (χ2n) is 2.74. The number of nitrogens with two attached hydrogens (primary N) is 1. The lowest BCUT2D eigenvalue weighted by Gasteiger charge is -2.16. The van der Waals surface area contributed by atoms with Gasteiger partial charge in [0.1, 0.15) is 11.4 Å². The van der Waals surface area contributed by atoms with Crippen molar-refractivity contribution in [3.8, 4) is 5.75 Å². The maximum Gasteiger partial charge on any atom is 0.318 e. The predicted molar refractivity (Wildman–Crippen MR) is 54.4 cm³/mol. The predicted octanol–water partition coefficient (Wildman–Crippen LogP) is 0.407. The standard InChI is InChI=1S/C7H8N4O6/c1-16-7-3-2-5(10(12)13)4-6(7)9(8)17-11(14)15/h2-4H,8H2,1H3. The highest BCUT2D eigenvalue weighted by Gasteiger charge is 2.17. The molecule has 2 N–H and O–H groups in total. The number of benzene rings is 1. The highest BCUT2D eigenvalue weighted by atomic mass is 17.0. The first-order chi connectivity index (χ1) is 7.95. The number of non-ortho nitro benzene ring substituents is 1. The third kappa shape index (κ3) is 2.92. The number of rotatable bonds is 5. The summed E-state index contributed by atoms with van der Waals surface area (Å²) in [6.07, 6.45) is 0. The molecule has 10 nitrogen and oxygen atoms in total. The number of nitro groups is 1. The van der Waals surface area contributed by atoms with Gasteiger partial charge < -0.3 is 4.74 Å². The molecule has 0 amide bonds. The first kappa shape index (κ1) is 12.4. The van der Waals surface area contributed by atoms with Gasteiger partial charge >= 0.3 is 5.09 Å². The maximum absolute atomic E-state index is 10.5. The number of methoxy groups -OCH3 is 1. The Labute approximate surface area is 94.3 Å². The summed E-state index contributed by atoms with van der Waals surface area (Å²) in [7, 11) is 1.28. The molecule has 0 spiro atoms. The van der Waals surface area contributed by atoms with Crippen LogP contribution in [0.4, 0.5) is 11.4 Å². The van der Waals surface area contributed by atoms with Crippen LogP contribution in [0.25, 0.3) is 0 Å². The number of hydrogen-bond acceptors (Lipinski definition) is 8. The van der Waals surface area contributed by atoms with Crippen LogP contribution in [0.15, 0.2) is 18.2 Å². The zero-order chi connectivity index (χ0) is 13.0. The molecule has 0 heterocycles. The number of nitro benzene ring substituents is 1. The monoisotopic (exact) mass is 244 g/mol. The SMILES string of the molecule is COc1ccc([N+](=O)[O-])cc1N(N)O[N+](=O)[O-]. The largest absolute Gasteiger partial charge is 0.494 e. The molecule has 0 aliphatic heterocycles. The molecule has 0 aromatic heterocycles. The summed E-state index contributed by atoms with van der Waals surface area (Å²) in [4.78, 5) is 23.9. The molecule has 0 aliphatic carbocycles. The van der Waals surface area contributed by atoms with E-state index in [2.05, 4.69) is 4.94 Å². The number of ether oxygens (including phenoxy) is 1. The van der Waals surface area contributed by atoms with Crippen molar-refractivity contribution in [3.05, 3.63) is 38.4 Å². The van der Waals surface area contributed by atoms with Gasteiger partial charge in [0.15, 0.2) is 0 Å². The molecule has 0 aliphatic rings. The molecule has 10 heteroatoms. The smallest absolute Gasteiger partial charge is 0.318 e. The summed E-state index contributed by atoms with van der Waals surface area (Å²) >= 11 is 0. The van der Waals surface area contributed by atoms with E-state index in [1.54, 1.807) is 0 Å². The number of nitrogens with zero attached hydrogens (tertiary/aromatic N) is 3. The summed E-state index contributed by atoms with van der Waals surface area (Å²) in [5.41, 5.74) is -0.443. The van der Waals surface area contributed by atoms with E-state index in [0.29, 0.717) is 0 Å². The second-order valence-corrected chi connectivity index (χ2v) is 2.74. The fraction of sp³-hybridized carbons (Fsp3) is 0.143. The summed E-state index contributed by atoms with van der Waals surface area (Å²) in [6, 6.07) is 3.40.